The Morgan fingerprint density at radius 1 is 1.00 bits per heavy atom. The average molecular weight is 760 g/mol. The van der Waals surface area contributed by atoms with E-state index in [9.17, 15) is 18.0 Å². The molecular weight excluding hydrogens is 714 g/mol. The number of aryl methyl sites for hydroxylation is 1. The van der Waals surface area contributed by atoms with Crippen LogP contribution in [0.5, 0.6) is 0 Å². The van der Waals surface area contributed by atoms with Crippen molar-refractivity contribution in [3.63, 3.8) is 0 Å². The Balaban J connectivity index is 1.15. The summed E-state index contributed by atoms with van der Waals surface area (Å²) in [7, 11) is -3.41. The van der Waals surface area contributed by atoms with Crippen LogP contribution >= 0.6 is 11.6 Å². The number of pyridine rings is 1. The number of halogens is 1. The van der Waals surface area contributed by atoms with Crippen LogP contribution < -0.4 is 4.90 Å². The topological polar surface area (TPSA) is 152 Å². The van der Waals surface area contributed by atoms with E-state index in [-0.39, 0.29) is 56.9 Å². The number of fused-ring (bicyclic) bond motifs is 3. The summed E-state index contributed by atoms with van der Waals surface area (Å²) >= 11 is 6.30. The Morgan fingerprint density at radius 3 is 2.35 bits per heavy atom. The molecular formula is C36H46ClN5O9S. The zero-order chi connectivity index (χ0) is 37.4. The highest BCUT2D eigenvalue weighted by Gasteiger charge is 2.60. The number of ether oxygens (including phenoxy) is 5. The fourth-order valence-corrected chi connectivity index (χ4v) is 7.51. The van der Waals surface area contributed by atoms with Gasteiger partial charge in [-0.1, -0.05) is 17.5 Å². The van der Waals surface area contributed by atoms with Crippen LogP contribution in [0, 0.1) is 12.3 Å². The average Bonchev–Trinajstić information content (AvgIpc) is 3.52. The SMILES string of the molecule is C#CCOCCOCCOCCOCCS(=O)(=O)CCCn1c(CN2C(=O)C3(CN(C(=O)OC(C)(C)C)C3)c3ccncc32)nc2cc(Cl)ccc21. The first-order chi connectivity index (χ1) is 24.8. The van der Waals surface area contributed by atoms with Gasteiger partial charge in [0.15, 0.2) is 9.84 Å². The number of nitrogens with zero attached hydrogens (tertiary/aromatic N) is 5. The van der Waals surface area contributed by atoms with Gasteiger partial charge in [0.25, 0.3) is 0 Å². The normalized spacial score (nSPS) is 15.2. The number of terminal acetylenes is 1. The Hall–Kier alpha value is -3.78. The molecule has 0 unspecified atom stereocenters. The number of hydrogen-bond donors (Lipinski definition) is 0. The van der Waals surface area contributed by atoms with E-state index in [1.54, 1.807) is 50.2 Å². The Morgan fingerprint density at radius 2 is 1.67 bits per heavy atom. The van der Waals surface area contributed by atoms with E-state index in [2.05, 4.69) is 10.9 Å². The number of carbonyl (C=O) groups excluding carboxylic acids is 2. The molecule has 1 saturated heterocycles. The van der Waals surface area contributed by atoms with Crippen molar-refractivity contribution >= 4 is 50.2 Å². The molecule has 0 radical (unpaired) electrons. The molecule has 0 bridgehead atoms. The molecule has 2 aromatic heterocycles. The van der Waals surface area contributed by atoms with Gasteiger partial charge in [0, 0.05) is 30.9 Å². The number of anilines is 1. The first-order valence-corrected chi connectivity index (χ1v) is 19.4. The second-order valence-electron chi connectivity index (χ2n) is 13.6. The smallest absolute Gasteiger partial charge is 0.410 e. The zero-order valence-electron chi connectivity index (χ0n) is 29.8. The molecule has 2 aliphatic rings. The largest absolute Gasteiger partial charge is 0.444 e. The van der Waals surface area contributed by atoms with E-state index >= 15 is 0 Å². The van der Waals surface area contributed by atoms with E-state index in [4.69, 9.17) is 46.7 Å². The lowest BCUT2D eigenvalue weighted by Gasteiger charge is -2.46. The van der Waals surface area contributed by atoms with Gasteiger partial charge < -0.3 is 38.1 Å². The maximum atomic E-state index is 14.2. The lowest BCUT2D eigenvalue weighted by molar-refractivity contribution is -0.129. The number of likely N-dealkylation sites (tertiary alicyclic amines) is 1. The Bertz CT molecular complexity index is 1870. The third-order valence-electron chi connectivity index (χ3n) is 8.60. The molecule has 4 heterocycles. The van der Waals surface area contributed by atoms with E-state index < -0.39 is 26.9 Å². The Labute approximate surface area is 309 Å². The molecule has 2 amide bonds. The van der Waals surface area contributed by atoms with E-state index in [0.29, 0.717) is 68.1 Å². The van der Waals surface area contributed by atoms with E-state index in [1.165, 1.54) is 4.90 Å². The summed E-state index contributed by atoms with van der Waals surface area (Å²) < 4.78 is 54.6. The molecule has 3 aromatic rings. The highest BCUT2D eigenvalue weighted by atomic mass is 35.5. The van der Waals surface area contributed by atoms with E-state index in [1.807, 2.05) is 16.7 Å². The highest BCUT2D eigenvalue weighted by Crippen LogP contribution is 2.48. The molecule has 14 nitrogen and oxygen atoms in total. The second-order valence-corrected chi connectivity index (χ2v) is 16.4. The number of rotatable bonds is 19. The number of sulfone groups is 1. The predicted molar refractivity (Wildman–Crippen MR) is 195 cm³/mol. The maximum absolute atomic E-state index is 14.2. The molecule has 1 aromatic carbocycles. The predicted octanol–water partition coefficient (Wildman–Crippen LogP) is 3.62. The minimum Gasteiger partial charge on any atom is -0.444 e. The highest BCUT2D eigenvalue weighted by molar-refractivity contribution is 7.91. The van der Waals surface area contributed by atoms with Crippen LogP contribution in [0.4, 0.5) is 10.5 Å². The zero-order valence-corrected chi connectivity index (χ0v) is 31.4. The summed E-state index contributed by atoms with van der Waals surface area (Å²) in [5, 5.41) is 0.509. The fourth-order valence-electron chi connectivity index (χ4n) is 6.20. The summed E-state index contributed by atoms with van der Waals surface area (Å²) in [4.78, 5) is 39.2. The summed E-state index contributed by atoms with van der Waals surface area (Å²) in [6.45, 7) is 8.78. The van der Waals surface area contributed by atoms with Crippen molar-refractivity contribution in [1.82, 2.24) is 19.4 Å². The van der Waals surface area contributed by atoms with Crippen LogP contribution in [0.3, 0.4) is 0 Å². The minimum atomic E-state index is -3.41. The first-order valence-electron chi connectivity index (χ1n) is 17.2. The van der Waals surface area contributed by atoms with Gasteiger partial charge in [-0.15, -0.1) is 6.42 Å². The minimum absolute atomic E-state index is 0.0546. The van der Waals surface area contributed by atoms with Gasteiger partial charge in [0.1, 0.15) is 23.4 Å². The van der Waals surface area contributed by atoms with Crippen molar-refractivity contribution < 1.29 is 41.7 Å². The molecule has 0 atom stereocenters. The molecule has 2 aliphatic heterocycles. The van der Waals surface area contributed by atoms with Gasteiger partial charge in [-0.2, -0.15) is 0 Å². The third kappa shape index (κ3) is 9.80. The van der Waals surface area contributed by atoms with Gasteiger partial charge in [0.05, 0.1) is 87.2 Å². The quantitative estimate of drug-likeness (QED) is 0.130. The van der Waals surface area contributed by atoms with E-state index in [0.717, 1.165) is 11.1 Å². The van der Waals surface area contributed by atoms with Crippen LogP contribution in [0.2, 0.25) is 5.02 Å². The number of benzene rings is 1. The summed E-state index contributed by atoms with van der Waals surface area (Å²) in [5.74, 6) is 2.63. The second kappa shape index (κ2) is 17.4. The molecule has 16 heteroatoms. The van der Waals surface area contributed by atoms with Gasteiger partial charge >= 0.3 is 6.09 Å². The Kier molecular flexibility index (Phi) is 13.2. The van der Waals surface area contributed by atoms with Crippen molar-refractivity contribution in [2.24, 2.45) is 0 Å². The van der Waals surface area contributed by atoms with Crippen molar-refractivity contribution in [3.8, 4) is 12.3 Å². The summed E-state index contributed by atoms with van der Waals surface area (Å²) in [6, 6.07) is 7.16. The van der Waals surface area contributed by atoms with Crippen molar-refractivity contribution in [2.75, 3.05) is 82.4 Å². The lowest BCUT2D eigenvalue weighted by Crippen LogP contribution is -2.65. The number of amides is 2. The number of aromatic nitrogens is 3. The first kappa shape index (κ1) is 39.4. The van der Waals surface area contributed by atoms with Crippen LogP contribution in [-0.4, -0.2) is 123 Å². The van der Waals surface area contributed by atoms with Crippen LogP contribution in [-0.2, 0) is 56.8 Å². The van der Waals surface area contributed by atoms with Crippen molar-refractivity contribution in [2.45, 2.75) is 51.3 Å². The van der Waals surface area contributed by atoms with Gasteiger partial charge in [-0.05, 0) is 57.0 Å². The molecule has 52 heavy (non-hydrogen) atoms. The summed E-state index contributed by atoms with van der Waals surface area (Å²) in [6.07, 6.45) is 8.25. The van der Waals surface area contributed by atoms with Crippen LogP contribution in [0.15, 0.2) is 36.7 Å². The van der Waals surface area contributed by atoms with Crippen LogP contribution in [0.25, 0.3) is 11.0 Å². The summed E-state index contributed by atoms with van der Waals surface area (Å²) in [5.41, 5.74) is 1.28. The molecule has 1 fully saturated rings. The van der Waals surface area contributed by atoms with Crippen LogP contribution in [0.1, 0.15) is 38.6 Å². The standard InChI is InChI=1S/C36H46ClN5O9S/c1-5-12-47-13-14-48-15-16-49-17-18-50-19-21-52(45,46)20-6-11-41-30-8-7-27(37)22-29(30)39-32(41)24-42-31-23-38-10-9-28(31)36(33(42)43)25-40(26-36)34(44)51-35(2,3)4/h1,7-10,22-23H,6,11-21,24-26H2,2-4H3. The molecule has 1 spiro atoms. The number of carbonyl (C=O) groups is 2. The lowest BCUT2D eigenvalue weighted by atomic mass is 9.75. The molecule has 0 aliphatic carbocycles. The molecule has 0 N–H and O–H groups in total. The third-order valence-corrected chi connectivity index (χ3v) is 10.5. The molecule has 282 valence electrons. The van der Waals surface area contributed by atoms with Crippen molar-refractivity contribution in [3.05, 3.63) is 53.1 Å². The molecule has 0 saturated carbocycles. The van der Waals surface area contributed by atoms with Gasteiger partial charge in [-0.25, -0.2) is 18.2 Å². The maximum Gasteiger partial charge on any atom is 0.410 e. The number of hydrogen-bond acceptors (Lipinski definition) is 11. The fraction of sp³-hybridized carbons (Fsp3) is 0.556. The molecule has 5 rings (SSSR count). The van der Waals surface area contributed by atoms with Gasteiger partial charge in [-0.3, -0.25) is 9.78 Å². The number of imidazole rings is 1. The monoisotopic (exact) mass is 759 g/mol. The van der Waals surface area contributed by atoms with Crippen molar-refractivity contribution in [1.29, 1.82) is 0 Å². The van der Waals surface area contributed by atoms with Gasteiger partial charge in [0.2, 0.25) is 5.91 Å².